The van der Waals surface area contributed by atoms with Crippen molar-refractivity contribution in [3.05, 3.63) is 0 Å². The van der Waals surface area contributed by atoms with Crippen molar-refractivity contribution >= 4 is 5.78 Å². The van der Waals surface area contributed by atoms with Gasteiger partial charge in [-0.25, -0.2) is 0 Å². The lowest BCUT2D eigenvalue weighted by Crippen LogP contribution is -1.97. The summed E-state index contributed by atoms with van der Waals surface area (Å²) >= 11 is 0. The molecular weight excluding hydrogens is 148 g/mol. The quantitative estimate of drug-likeness (QED) is 0.534. The summed E-state index contributed by atoms with van der Waals surface area (Å²) in [5, 5.41) is 0. The van der Waals surface area contributed by atoms with E-state index in [2.05, 4.69) is 13.8 Å². The van der Waals surface area contributed by atoms with Crippen molar-refractivity contribution in [2.45, 2.75) is 59.3 Å². The second-order valence-electron chi connectivity index (χ2n) is 3.63. The molecule has 12 heavy (non-hydrogen) atoms. The van der Waals surface area contributed by atoms with Gasteiger partial charge in [0.15, 0.2) is 0 Å². The van der Waals surface area contributed by atoms with Gasteiger partial charge in [-0.3, -0.25) is 0 Å². The lowest BCUT2D eigenvalue weighted by molar-refractivity contribution is -0.117. The molecule has 1 heteroatoms. The second kappa shape index (κ2) is 7.33. The maximum atomic E-state index is 10.6. The molecule has 0 saturated heterocycles. The number of carbonyl (C=O) groups excluding carboxylic acids is 1. The fourth-order valence-electron chi connectivity index (χ4n) is 1.50. The van der Waals surface area contributed by atoms with E-state index in [1.807, 2.05) is 0 Å². The van der Waals surface area contributed by atoms with E-state index >= 15 is 0 Å². The van der Waals surface area contributed by atoms with E-state index in [0.717, 1.165) is 18.8 Å². The van der Waals surface area contributed by atoms with Gasteiger partial charge in [0.1, 0.15) is 5.78 Å². The first-order valence-corrected chi connectivity index (χ1v) is 5.20. The Morgan fingerprint density at radius 3 is 2.17 bits per heavy atom. The topological polar surface area (TPSA) is 17.1 Å². The van der Waals surface area contributed by atoms with Crippen LogP contribution in [-0.4, -0.2) is 5.78 Å². The van der Waals surface area contributed by atoms with Crippen LogP contribution in [0.1, 0.15) is 59.3 Å². The number of carbonyl (C=O) groups is 1. The zero-order chi connectivity index (χ0) is 9.40. The van der Waals surface area contributed by atoms with Crippen LogP contribution in [0.3, 0.4) is 0 Å². The van der Waals surface area contributed by atoms with Crippen LogP contribution in [0.25, 0.3) is 0 Å². The standard InChI is InChI=1S/C11H22O/c1-4-11(5-2)9-7-6-8-10(3)12/h11H,4-9H2,1-3H3. The molecule has 0 aromatic carbocycles. The molecule has 0 bridgehead atoms. The third-order valence-electron chi connectivity index (χ3n) is 2.55. The maximum Gasteiger partial charge on any atom is 0.129 e. The Kier molecular flexibility index (Phi) is 7.12. The molecule has 72 valence electrons. The van der Waals surface area contributed by atoms with Gasteiger partial charge in [0.25, 0.3) is 0 Å². The van der Waals surface area contributed by atoms with Crippen LogP contribution in [0.4, 0.5) is 0 Å². The highest BCUT2D eigenvalue weighted by Crippen LogP contribution is 2.16. The SMILES string of the molecule is CCC(CC)CCCCC(C)=O. The fourth-order valence-corrected chi connectivity index (χ4v) is 1.50. The number of hydrogen-bond acceptors (Lipinski definition) is 1. The number of ketones is 1. The molecule has 0 unspecified atom stereocenters. The molecule has 0 spiro atoms. The van der Waals surface area contributed by atoms with Crippen molar-refractivity contribution in [2.24, 2.45) is 5.92 Å². The molecule has 1 nitrogen and oxygen atoms in total. The van der Waals surface area contributed by atoms with Gasteiger partial charge in [0.2, 0.25) is 0 Å². The van der Waals surface area contributed by atoms with Crippen molar-refractivity contribution < 1.29 is 4.79 Å². The summed E-state index contributed by atoms with van der Waals surface area (Å²) in [6.45, 7) is 6.18. The fraction of sp³-hybridized carbons (Fsp3) is 0.909. The van der Waals surface area contributed by atoms with E-state index in [4.69, 9.17) is 0 Å². The Bertz CT molecular complexity index is 114. The average Bonchev–Trinajstić information content (AvgIpc) is 2.04. The minimum absolute atomic E-state index is 0.333. The number of Topliss-reactive ketones (excluding diaryl/α,β-unsaturated/α-hetero) is 1. The van der Waals surface area contributed by atoms with Gasteiger partial charge >= 0.3 is 0 Å². The molecule has 0 aliphatic rings. The second-order valence-corrected chi connectivity index (χ2v) is 3.63. The molecule has 0 heterocycles. The summed E-state index contributed by atoms with van der Waals surface area (Å²) in [5.41, 5.74) is 0. The molecule has 0 saturated carbocycles. The highest BCUT2D eigenvalue weighted by atomic mass is 16.1. The monoisotopic (exact) mass is 170 g/mol. The zero-order valence-electron chi connectivity index (χ0n) is 8.73. The van der Waals surface area contributed by atoms with Crippen LogP contribution < -0.4 is 0 Å². The number of hydrogen-bond donors (Lipinski definition) is 0. The van der Waals surface area contributed by atoms with Crippen LogP contribution in [0.2, 0.25) is 0 Å². The molecule has 0 aliphatic heterocycles. The Morgan fingerprint density at radius 1 is 1.17 bits per heavy atom. The Labute approximate surface area is 76.6 Å². The lowest BCUT2D eigenvalue weighted by Gasteiger charge is -2.10. The lowest BCUT2D eigenvalue weighted by atomic mass is 9.96. The highest BCUT2D eigenvalue weighted by Gasteiger charge is 2.02. The molecular formula is C11H22O. The molecule has 0 aromatic heterocycles. The molecule has 0 rings (SSSR count). The molecule has 0 amide bonds. The Balaban J connectivity index is 3.23. The third kappa shape index (κ3) is 6.38. The van der Waals surface area contributed by atoms with Gasteiger partial charge in [-0.2, -0.15) is 0 Å². The molecule has 0 radical (unpaired) electrons. The van der Waals surface area contributed by atoms with E-state index < -0.39 is 0 Å². The van der Waals surface area contributed by atoms with Gasteiger partial charge in [-0.1, -0.05) is 39.5 Å². The summed E-state index contributed by atoms with van der Waals surface area (Å²) in [7, 11) is 0. The summed E-state index contributed by atoms with van der Waals surface area (Å²) in [4.78, 5) is 10.6. The van der Waals surface area contributed by atoms with Crippen LogP contribution >= 0.6 is 0 Å². The van der Waals surface area contributed by atoms with Crippen LogP contribution in [0.15, 0.2) is 0 Å². The van der Waals surface area contributed by atoms with Crippen LogP contribution in [0, 0.1) is 5.92 Å². The third-order valence-corrected chi connectivity index (χ3v) is 2.55. The highest BCUT2D eigenvalue weighted by molar-refractivity contribution is 5.75. The van der Waals surface area contributed by atoms with Crippen molar-refractivity contribution in [3.8, 4) is 0 Å². The van der Waals surface area contributed by atoms with E-state index in [0.29, 0.717) is 5.78 Å². The van der Waals surface area contributed by atoms with E-state index in [-0.39, 0.29) is 0 Å². The summed E-state index contributed by atoms with van der Waals surface area (Å²) < 4.78 is 0. The molecule has 0 aliphatic carbocycles. The first-order valence-electron chi connectivity index (χ1n) is 5.20. The smallest absolute Gasteiger partial charge is 0.129 e. The Hall–Kier alpha value is -0.330. The molecule has 0 fully saturated rings. The molecule has 0 aromatic rings. The van der Waals surface area contributed by atoms with Crippen LogP contribution in [-0.2, 0) is 4.79 Å². The largest absolute Gasteiger partial charge is 0.300 e. The normalized spacial score (nSPS) is 10.7. The first kappa shape index (κ1) is 11.7. The molecule has 0 atom stereocenters. The van der Waals surface area contributed by atoms with E-state index in [1.54, 1.807) is 6.92 Å². The van der Waals surface area contributed by atoms with Crippen molar-refractivity contribution in [1.82, 2.24) is 0 Å². The van der Waals surface area contributed by atoms with Gasteiger partial charge in [-0.05, 0) is 19.3 Å². The van der Waals surface area contributed by atoms with Crippen molar-refractivity contribution in [3.63, 3.8) is 0 Å². The van der Waals surface area contributed by atoms with Crippen molar-refractivity contribution in [1.29, 1.82) is 0 Å². The predicted octanol–water partition coefficient (Wildman–Crippen LogP) is 3.57. The first-order chi connectivity index (χ1) is 5.70. The predicted molar refractivity (Wildman–Crippen MR) is 53.2 cm³/mol. The van der Waals surface area contributed by atoms with Gasteiger partial charge in [0, 0.05) is 6.42 Å². The summed E-state index contributed by atoms with van der Waals surface area (Å²) in [5.74, 6) is 1.22. The summed E-state index contributed by atoms with van der Waals surface area (Å²) in [6, 6.07) is 0. The Morgan fingerprint density at radius 2 is 1.75 bits per heavy atom. The minimum Gasteiger partial charge on any atom is -0.300 e. The number of unbranched alkanes of at least 4 members (excludes halogenated alkanes) is 1. The van der Waals surface area contributed by atoms with Crippen LogP contribution in [0.5, 0.6) is 0 Å². The molecule has 0 N–H and O–H groups in total. The maximum absolute atomic E-state index is 10.6. The van der Waals surface area contributed by atoms with Gasteiger partial charge in [-0.15, -0.1) is 0 Å². The van der Waals surface area contributed by atoms with Gasteiger partial charge < -0.3 is 4.79 Å². The van der Waals surface area contributed by atoms with Crippen molar-refractivity contribution in [2.75, 3.05) is 0 Å². The van der Waals surface area contributed by atoms with E-state index in [1.165, 1.54) is 25.7 Å². The minimum atomic E-state index is 0.333. The number of rotatable bonds is 7. The summed E-state index contributed by atoms with van der Waals surface area (Å²) in [6.07, 6.45) is 6.98. The van der Waals surface area contributed by atoms with E-state index in [9.17, 15) is 4.79 Å². The zero-order valence-corrected chi connectivity index (χ0v) is 8.73. The average molecular weight is 170 g/mol. The van der Waals surface area contributed by atoms with Gasteiger partial charge in [0.05, 0.1) is 0 Å².